The van der Waals surface area contributed by atoms with Crippen molar-refractivity contribution < 1.29 is 13.4 Å². The molecule has 1 aliphatic rings. The van der Waals surface area contributed by atoms with Crippen LogP contribution in [0.4, 0.5) is 0 Å². The van der Waals surface area contributed by atoms with E-state index in [-0.39, 0.29) is 11.1 Å². The van der Waals surface area contributed by atoms with Gasteiger partial charge in [-0.1, -0.05) is 81.4 Å². The first-order chi connectivity index (χ1) is 14.1. The molecular weight excluding hydrogens is 410 g/mol. The number of nitrogens with zero attached hydrogens (tertiary/aromatic N) is 1. The second kappa shape index (κ2) is 8.87. The molecule has 0 radical (unpaired) electrons. The van der Waals surface area contributed by atoms with Gasteiger partial charge in [-0.25, -0.2) is 4.21 Å². The summed E-state index contributed by atoms with van der Waals surface area (Å²) in [6, 6.07) is 21.0. The molecule has 2 atom stereocenters. The van der Waals surface area contributed by atoms with E-state index in [0.29, 0.717) is 13.2 Å². The van der Waals surface area contributed by atoms with Crippen LogP contribution in [0.1, 0.15) is 41.5 Å². The molecule has 0 aliphatic carbocycles. The first kappa shape index (κ1) is 23.1. The quantitative estimate of drug-likeness (QED) is 0.659. The van der Waals surface area contributed by atoms with Crippen LogP contribution in [-0.4, -0.2) is 42.3 Å². The highest BCUT2D eigenvalue weighted by Gasteiger charge is 2.52. The van der Waals surface area contributed by atoms with E-state index < -0.39 is 24.1 Å². The van der Waals surface area contributed by atoms with Crippen LogP contribution in [0.5, 0.6) is 0 Å². The van der Waals surface area contributed by atoms with Gasteiger partial charge >= 0.3 is 0 Å². The zero-order chi connectivity index (χ0) is 22.0. The Balaban J connectivity index is 2.12. The van der Waals surface area contributed by atoms with Crippen LogP contribution in [0.25, 0.3) is 0 Å². The number of hydrogen-bond acceptors (Lipinski definition) is 3. The monoisotopic (exact) mass is 443 g/mol. The highest BCUT2D eigenvalue weighted by atomic mass is 32.2. The third-order valence-electron chi connectivity index (χ3n) is 5.35. The minimum atomic E-state index is -2.71. The lowest BCUT2D eigenvalue weighted by Crippen LogP contribution is -2.68. The summed E-state index contributed by atoms with van der Waals surface area (Å²) in [5.41, 5.74) is 0.747. The summed E-state index contributed by atoms with van der Waals surface area (Å²) in [7, 11) is -4.06. The average Bonchev–Trinajstić information content (AvgIpc) is 3.12. The Hall–Kier alpha value is -1.60. The number of hydrogen-bond donors (Lipinski definition) is 0. The van der Waals surface area contributed by atoms with Gasteiger partial charge in [0.15, 0.2) is 0 Å². The number of benzene rings is 2. The molecule has 2 aromatic carbocycles. The molecule has 2 aromatic rings. The minimum absolute atomic E-state index is 0.132. The lowest BCUT2D eigenvalue weighted by atomic mass is 10.2. The third-order valence-corrected chi connectivity index (χ3v) is 11.8. The lowest BCUT2D eigenvalue weighted by Gasteiger charge is -2.44. The fourth-order valence-corrected chi connectivity index (χ4v) is 9.10. The SMILES string of the molecule is CC(C)(C)S(=O)/N=C1\COCC1O[Si](c1ccccc1)(c1ccccc1)C(C)(C)C. The molecule has 1 heterocycles. The van der Waals surface area contributed by atoms with Crippen LogP contribution in [0.3, 0.4) is 0 Å². The molecule has 1 aliphatic heterocycles. The first-order valence-electron chi connectivity index (χ1n) is 10.4. The maximum Gasteiger partial charge on any atom is 0.262 e. The third kappa shape index (κ3) is 4.67. The molecule has 162 valence electrons. The van der Waals surface area contributed by atoms with Crippen molar-refractivity contribution in [2.75, 3.05) is 13.2 Å². The normalized spacial score (nSPS) is 20.5. The first-order valence-corrected chi connectivity index (χ1v) is 13.4. The predicted octanol–water partition coefficient (Wildman–Crippen LogP) is 3.87. The van der Waals surface area contributed by atoms with E-state index in [2.05, 4.69) is 73.7 Å². The van der Waals surface area contributed by atoms with Crippen molar-refractivity contribution in [3.05, 3.63) is 60.7 Å². The summed E-state index contributed by atoms with van der Waals surface area (Å²) >= 11 is 0. The molecular formula is C24H33NO3SSi. The van der Waals surface area contributed by atoms with Gasteiger partial charge in [0, 0.05) is 0 Å². The van der Waals surface area contributed by atoms with E-state index in [1.54, 1.807) is 0 Å². The molecule has 0 amide bonds. The van der Waals surface area contributed by atoms with Gasteiger partial charge in [-0.2, -0.15) is 4.40 Å². The van der Waals surface area contributed by atoms with Gasteiger partial charge in [0.1, 0.15) is 17.1 Å². The molecule has 3 rings (SSSR count). The fourth-order valence-electron chi connectivity index (χ4n) is 3.79. The standard InChI is InChI=1S/C24H33NO3SSi/c1-23(2,3)29(26)25-21-17-27-18-22(21)28-30(24(4,5)6,19-13-9-7-10-14-19)20-15-11-8-12-16-20/h7-16,22H,17-18H2,1-6H3/b25-21+. The van der Waals surface area contributed by atoms with E-state index in [4.69, 9.17) is 9.16 Å². The number of ether oxygens (including phenoxy) is 1. The largest absolute Gasteiger partial charge is 0.397 e. The maximum atomic E-state index is 12.7. The summed E-state index contributed by atoms with van der Waals surface area (Å²) in [5.74, 6) is 0. The smallest absolute Gasteiger partial charge is 0.262 e. The average molecular weight is 444 g/mol. The Morgan fingerprint density at radius 2 is 1.43 bits per heavy atom. The van der Waals surface area contributed by atoms with Gasteiger partial charge in [0.25, 0.3) is 8.32 Å². The van der Waals surface area contributed by atoms with Crippen LogP contribution >= 0.6 is 0 Å². The fraction of sp³-hybridized carbons (Fsp3) is 0.458. The molecule has 0 aromatic heterocycles. The van der Waals surface area contributed by atoms with Crippen molar-refractivity contribution in [3.63, 3.8) is 0 Å². The van der Waals surface area contributed by atoms with Crippen LogP contribution < -0.4 is 10.4 Å². The zero-order valence-corrected chi connectivity index (χ0v) is 20.7. The summed E-state index contributed by atoms with van der Waals surface area (Å²) < 4.78 is 29.7. The van der Waals surface area contributed by atoms with Crippen molar-refractivity contribution in [2.24, 2.45) is 4.40 Å². The van der Waals surface area contributed by atoms with E-state index in [9.17, 15) is 4.21 Å². The van der Waals surface area contributed by atoms with Gasteiger partial charge in [-0.3, -0.25) is 0 Å². The second-order valence-electron chi connectivity index (χ2n) is 9.73. The van der Waals surface area contributed by atoms with Gasteiger partial charge in [-0.05, 0) is 36.2 Å². The van der Waals surface area contributed by atoms with E-state index in [1.807, 2.05) is 32.9 Å². The molecule has 30 heavy (non-hydrogen) atoms. The number of rotatable bonds is 5. The molecule has 4 nitrogen and oxygen atoms in total. The molecule has 0 spiro atoms. The minimum Gasteiger partial charge on any atom is -0.397 e. The Kier molecular flexibility index (Phi) is 6.82. The lowest BCUT2D eigenvalue weighted by molar-refractivity contribution is 0.138. The van der Waals surface area contributed by atoms with Crippen molar-refractivity contribution in [1.82, 2.24) is 0 Å². The molecule has 1 fully saturated rings. The van der Waals surface area contributed by atoms with Gasteiger partial charge in [0.05, 0.1) is 23.7 Å². The molecule has 6 heteroatoms. The maximum absolute atomic E-state index is 12.7. The molecule has 0 bridgehead atoms. The van der Waals surface area contributed by atoms with E-state index >= 15 is 0 Å². The van der Waals surface area contributed by atoms with Crippen LogP contribution in [0, 0.1) is 0 Å². The highest BCUT2D eigenvalue weighted by Crippen LogP contribution is 2.38. The summed E-state index contributed by atoms with van der Waals surface area (Å²) in [5, 5.41) is 2.30. The van der Waals surface area contributed by atoms with E-state index in [1.165, 1.54) is 10.4 Å². The summed E-state index contributed by atoms with van der Waals surface area (Å²) in [4.78, 5) is 0. The van der Waals surface area contributed by atoms with Crippen molar-refractivity contribution in [2.45, 2.75) is 57.4 Å². The molecule has 2 unspecified atom stereocenters. The Labute approximate surface area is 184 Å². The molecule has 0 N–H and O–H groups in total. The van der Waals surface area contributed by atoms with Gasteiger partial charge < -0.3 is 9.16 Å². The zero-order valence-electron chi connectivity index (χ0n) is 18.8. The molecule has 1 saturated heterocycles. The second-order valence-corrected chi connectivity index (χ2v) is 15.9. The van der Waals surface area contributed by atoms with Crippen LogP contribution in [0.2, 0.25) is 5.04 Å². The van der Waals surface area contributed by atoms with Crippen molar-refractivity contribution >= 4 is 35.4 Å². The van der Waals surface area contributed by atoms with Crippen molar-refractivity contribution in [3.8, 4) is 0 Å². The van der Waals surface area contributed by atoms with Crippen LogP contribution in [-0.2, 0) is 20.1 Å². The van der Waals surface area contributed by atoms with Crippen LogP contribution in [0.15, 0.2) is 65.1 Å². The van der Waals surface area contributed by atoms with Gasteiger partial charge in [0.2, 0.25) is 0 Å². The van der Waals surface area contributed by atoms with Gasteiger partial charge in [-0.15, -0.1) is 0 Å². The molecule has 0 saturated carbocycles. The summed E-state index contributed by atoms with van der Waals surface area (Å²) in [6.07, 6.45) is -0.303. The Bertz CT molecular complexity index is 862. The highest BCUT2D eigenvalue weighted by molar-refractivity contribution is 7.85. The topological polar surface area (TPSA) is 47.9 Å². The van der Waals surface area contributed by atoms with Crippen molar-refractivity contribution in [1.29, 1.82) is 0 Å². The Morgan fingerprint density at radius 1 is 0.933 bits per heavy atom. The van der Waals surface area contributed by atoms with E-state index in [0.717, 1.165) is 5.71 Å². The Morgan fingerprint density at radius 3 is 1.87 bits per heavy atom. The predicted molar refractivity (Wildman–Crippen MR) is 129 cm³/mol. The summed E-state index contributed by atoms with van der Waals surface area (Å²) in [6.45, 7) is 13.3.